The molecule has 0 spiro atoms. The number of thiophene rings is 1. The molecule has 0 aromatic carbocycles. The van der Waals surface area contributed by atoms with Crippen molar-refractivity contribution in [1.29, 1.82) is 0 Å². The fourth-order valence-electron chi connectivity index (χ4n) is 0.827. The van der Waals surface area contributed by atoms with E-state index >= 15 is 0 Å². The molecule has 0 aliphatic rings. The predicted molar refractivity (Wildman–Crippen MR) is 58.9 cm³/mol. The van der Waals surface area contributed by atoms with Crippen molar-refractivity contribution in [3.8, 4) is 0 Å². The van der Waals surface area contributed by atoms with Gasteiger partial charge in [0.1, 0.15) is 4.21 Å². The lowest BCUT2D eigenvalue weighted by Crippen LogP contribution is -2.34. The van der Waals surface area contributed by atoms with E-state index in [0.717, 1.165) is 11.3 Å². The van der Waals surface area contributed by atoms with E-state index in [1.54, 1.807) is 18.4 Å². The summed E-state index contributed by atoms with van der Waals surface area (Å²) in [5.41, 5.74) is 0. The van der Waals surface area contributed by atoms with E-state index < -0.39 is 16.1 Å². The van der Waals surface area contributed by atoms with E-state index in [1.807, 2.05) is 0 Å². The Kier molecular flexibility index (Phi) is 4.08. The summed E-state index contributed by atoms with van der Waals surface area (Å²) >= 11 is 4.27. The Labute approximate surface area is 95.1 Å². The molecule has 4 nitrogen and oxygen atoms in total. The molecular formula is C7H10BrNO3S2. The molecule has 0 bridgehead atoms. The van der Waals surface area contributed by atoms with Crippen molar-refractivity contribution in [3.63, 3.8) is 0 Å². The Morgan fingerprint density at radius 1 is 1.71 bits per heavy atom. The van der Waals surface area contributed by atoms with Gasteiger partial charge in [-0.2, -0.15) is 0 Å². The minimum absolute atomic E-state index is 0.220. The quantitative estimate of drug-likeness (QED) is 0.877. The fourth-order valence-corrected chi connectivity index (χ4v) is 4.42. The first-order valence-electron chi connectivity index (χ1n) is 3.83. The van der Waals surface area contributed by atoms with Crippen molar-refractivity contribution in [2.24, 2.45) is 0 Å². The molecule has 0 saturated heterocycles. The van der Waals surface area contributed by atoms with E-state index in [0.29, 0.717) is 4.47 Å². The molecule has 1 aromatic heterocycles. The molecule has 14 heavy (non-hydrogen) atoms. The van der Waals surface area contributed by atoms with Crippen molar-refractivity contribution >= 4 is 37.3 Å². The summed E-state index contributed by atoms with van der Waals surface area (Å²) in [5.74, 6) is 0. The molecule has 1 heterocycles. The summed E-state index contributed by atoms with van der Waals surface area (Å²) in [6.07, 6.45) is 0. The largest absolute Gasteiger partial charge is 0.395 e. The highest BCUT2D eigenvalue weighted by Crippen LogP contribution is 2.27. The Morgan fingerprint density at radius 2 is 2.36 bits per heavy atom. The summed E-state index contributed by atoms with van der Waals surface area (Å²) in [7, 11) is -3.50. The molecule has 0 aliphatic carbocycles. The van der Waals surface area contributed by atoms with E-state index in [2.05, 4.69) is 20.7 Å². The molecule has 2 N–H and O–H groups in total. The Bertz CT molecular complexity index is 401. The molecule has 0 amide bonds. The molecule has 7 heteroatoms. The first kappa shape index (κ1) is 12.1. The van der Waals surface area contributed by atoms with Crippen molar-refractivity contribution in [2.45, 2.75) is 17.2 Å². The SMILES string of the molecule is C[C@@H](CO)NS(=O)(=O)c1sccc1Br. The lowest BCUT2D eigenvalue weighted by Gasteiger charge is -2.10. The summed E-state index contributed by atoms with van der Waals surface area (Å²) < 4.78 is 26.4. The van der Waals surface area contributed by atoms with Crippen LogP contribution >= 0.6 is 27.3 Å². The van der Waals surface area contributed by atoms with Gasteiger partial charge in [0.05, 0.1) is 6.61 Å². The Hall–Kier alpha value is 0.0500. The lowest BCUT2D eigenvalue weighted by molar-refractivity contribution is 0.265. The van der Waals surface area contributed by atoms with Crippen LogP contribution in [0.15, 0.2) is 20.1 Å². The standard InChI is InChI=1S/C7H10BrNO3S2/c1-5(4-10)9-14(11,12)7-6(8)2-3-13-7/h2-3,5,9-10H,4H2,1H3/t5-/m0/s1. The zero-order valence-electron chi connectivity index (χ0n) is 7.40. The van der Waals surface area contributed by atoms with Crippen LogP contribution in [0.4, 0.5) is 0 Å². The van der Waals surface area contributed by atoms with Crippen LogP contribution in [0.1, 0.15) is 6.92 Å². The first-order chi connectivity index (χ1) is 6.47. The lowest BCUT2D eigenvalue weighted by atomic mass is 10.4. The number of rotatable bonds is 4. The third-order valence-electron chi connectivity index (χ3n) is 1.46. The van der Waals surface area contributed by atoms with E-state index in [1.165, 1.54) is 0 Å². The maximum atomic E-state index is 11.6. The highest BCUT2D eigenvalue weighted by atomic mass is 79.9. The van der Waals surface area contributed by atoms with Gasteiger partial charge in [0.25, 0.3) is 10.0 Å². The molecule has 0 aliphatic heterocycles. The van der Waals surface area contributed by atoms with Crippen molar-refractivity contribution in [1.82, 2.24) is 4.72 Å². The second-order valence-electron chi connectivity index (χ2n) is 2.76. The maximum absolute atomic E-state index is 11.6. The summed E-state index contributed by atoms with van der Waals surface area (Å²) in [5, 5.41) is 10.4. The molecule has 0 fully saturated rings. The number of aliphatic hydroxyl groups is 1. The first-order valence-corrected chi connectivity index (χ1v) is 6.99. The third-order valence-corrected chi connectivity index (χ3v) is 5.72. The summed E-state index contributed by atoms with van der Waals surface area (Å²) in [6, 6.07) is 1.19. The number of nitrogens with one attached hydrogen (secondary N) is 1. The zero-order chi connectivity index (χ0) is 10.8. The molecule has 0 unspecified atom stereocenters. The van der Waals surface area contributed by atoms with Gasteiger partial charge in [0.2, 0.25) is 0 Å². The minimum Gasteiger partial charge on any atom is -0.395 e. The average molecular weight is 300 g/mol. The van der Waals surface area contributed by atoms with Gasteiger partial charge in [-0.15, -0.1) is 11.3 Å². The normalized spacial score (nSPS) is 14.2. The van der Waals surface area contributed by atoms with Crippen molar-refractivity contribution in [2.75, 3.05) is 6.61 Å². The van der Waals surface area contributed by atoms with Crippen LogP contribution < -0.4 is 4.72 Å². The fraction of sp³-hybridized carbons (Fsp3) is 0.429. The van der Waals surface area contributed by atoms with Crippen molar-refractivity contribution < 1.29 is 13.5 Å². The number of halogens is 1. The molecule has 0 saturated carbocycles. The topological polar surface area (TPSA) is 66.4 Å². The zero-order valence-corrected chi connectivity index (χ0v) is 10.6. The Balaban J connectivity index is 2.92. The van der Waals surface area contributed by atoms with Gasteiger partial charge in [-0.25, -0.2) is 13.1 Å². The van der Waals surface area contributed by atoms with E-state index in [9.17, 15) is 8.42 Å². The van der Waals surface area contributed by atoms with Gasteiger partial charge in [-0.05, 0) is 34.3 Å². The smallest absolute Gasteiger partial charge is 0.251 e. The van der Waals surface area contributed by atoms with Crippen LogP contribution in [-0.2, 0) is 10.0 Å². The van der Waals surface area contributed by atoms with E-state index in [4.69, 9.17) is 5.11 Å². The Morgan fingerprint density at radius 3 is 2.79 bits per heavy atom. The van der Waals surface area contributed by atoms with Crippen LogP contribution in [-0.4, -0.2) is 26.2 Å². The van der Waals surface area contributed by atoms with Crippen LogP contribution in [0.5, 0.6) is 0 Å². The van der Waals surface area contributed by atoms with Gasteiger partial charge < -0.3 is 5.11 Å². The van der Waals surface area contributed by atoms with Gasteiger partial charge in [0, 0.05) is 10.5 Å². The van der Waals surface area contributed by atoms with Crippen LogP contribution in [0, 0.1) is 0 Å². The van der Waals surface area contributed by atoms with Gasteiger partial charge in [-0.1, -0.05) is 0 Å². The molecule has 0 radical (unpaired) electrons. The molecular weight excluding hydrogens is 290 g/mol. The van der Waals surface area contributed by atoms with Gasteiger partial charge in [-0.3, -0.25) is 0 Å². The summed E-state index contributed by atoms with van der Waals surface area (Å²) in [4.78, 5) is 0. The predicted octanol–water partition coefficient (Wildman–Crippen LogP) is 1.17. The van der Waals surface area contributed by atoms with Crippen LogP contribution in [0.25, 0.3) is 0 Å². The average Bonchev–Trinajstić information content (AvgIpc) is 2.51. The second-order valence-corrected chi connectivity index (χ2v) is 6.44. The molecule has 1 aromatic rings. The highest BCUT2D eigenvalue weighted by molar-refractivity contribution is 9.10. The summed E-state index contributed by atoms with van der Waals surface area (Å²) in [6.45, 7) is 1.38. The highest BCUT2D eigenvalue weighted by Gasteiger charge is 2.20. The van der Waals surface area contributed by atoms with Crippen molar-refractivity contribution in [3.05, 3.63) is 15.9 Å². The molecule has 1 atom stereocenters. The van der Waals surface area contributed by atoms with Gasteiger partial charge >= 0.3 is 0 Å². The minimum atomic E-state index is -3.50. The monoisotopic (exact) mass is 299 g/mol. The number of hydrogen-bond donors (Lipinski definition) is 2. The second kappa shape index (κ2) is 4.71. The third kappa shape index (κ3) is 2.77. The molecule has 80 valence electrons. The number of sulfonamides is 1. The van der Waals surface area contributed by atoms with Crippen LogP contribution in [0.3, 0.4) is 0 Å². The molecule has 1 rings (SSSR count). The maximum Gasteiger partial charge on any atom is 0.251 e. The van der Waals surface area contributed by atoms with Crippen LogP contribution in [0.2, 0.25) is 0 Å². The van der Waals surface area contributed by atoms with E-state index in [-0.39, 0.29) is 10.8 Å². The number of hydrogen-bond acceptors (Lipinski definition) is 4. The van der Waals surface area contributed by atoms with Gasteiger partial charge in [0.15, 0.2) is 0 Å². The number of aliphatic hydroxyl groups excluding tert-OH is 1.